The van der Waals surface area contributed by atoms with Gasteiger partial charge in [-0.1, -0.05) is 6.92 Å². The fraction of sp³-hybridized carbons (Fsp3) is 0.667. The maximum atomic E-state index is 11.4. The van der Waals surface area contributed by atoms with Crippen molar-refractivity contribution in [3.8, 4) is 0 Å². The van der Waals surface area contributed by atoms with E-state index in [0.29, 0.717) is 6.04 Å². The topological polar surface area (TPSA) is 54.7 Å². The molecule has 0 aliphatic carbocycles. The number of nitrogens with zero attached hydrogens (tertiary/aromatic N) is 1. The lowest BCUT2D eigenvalue weighted by Crippen LogP contribution is -2.34. The van der Waals surface area contributed by atoms with Crippen LogP contribution in [-0.4, -0.2) is 43.7 Å². The summed E-state index contributed by atoms with van der Waals surface area (Å²) in [5, 5.41) is 3.49. The van der Waals surface area contributed by atoms with Gasteiger partial charge in [0.1, 0.15) is 5.76 Å². The van der Waals surface area contributed by atoms with Gasteiger partial charge >= 0.3 is 5.97 Å². The largest absolute Gasteiger partial charge is 0.463 e. The number of fused-ring (bicyclic) bond motifs is 1. The van der Waals surface area contributed by atoms with Crippen LogP contribution in [0.2, 0.25) is 0 Å². The molecule has 3 atom stereocenters. The smallest absolute Gasteiger partial charge is 0.373 e. The van der Waals surface area contributed by atoms with Gasteiger partial charge < -0.3 is 14.5 Å². The van der Waals surface area contributed by atoms with Gasteiger partial charge in [0.25, 0.3) is 0 Å². The van der Waals surface area contributed by atoms with E-state index in [1.165, 1.54) is 7.11 Å². The maximum absolute atomic E-state index is 11.4. The normalized spacial score (nSPS) is 29.6. The van der Waals surface area contributed by atoms with Crippen LogP contribution in [-0.2, 0) is 11.3 Å². The molecule has 0 bridgehead atoms. The van der Waals surface area contributed by atoms with E-state index in [0.717, 1.165) is 50.2 Å². The van der Waals surface area contributed by atoms with Gasteiger partial charge in [-0.3, -0.25) is 4.90 Å². The molecule has 0 amide bonds. The number of nitrogens with one attached hydrogen (secondary N) is 1. The van der Waals surface area contributed by atoms with Gasteiger partial charge in [-0.2, -0.15) is 0 Å². The van der Waals surface area contributed by atoms with E-state index in [-0.39, 0.29) is 5.76 Å². The number of hydrogen-bond donors (Lipinski definition) is 1. The molecule has 3 heterocycles. The summed E-state index contributed by atoms with van der Waals surface area (Å²) in [6, 6.07) is 4.19. The predicted octanol–water partition coefficient (Wildman–Crippen LogP) is 1.50. The van der Waals surface area contributed by atoms with Gasteiger partial charge in [-0.15, -0.1) is 0 Å². The summed E-state index contributed by atoms with van der Waals surface area (Å²) in [6.45, 7) is 6.40. The molecule has 5 heteroatoms. The zero-order valence-electron chi connectivity index (χ0n) is 12.1. The first-order chi connectivity index (χ1) is 9.72. The van der Waals surface area contributed by atoms with Crippen LogP contribution in [0.25, 0.3) is 0 Å². The van der Waals surface area contributed by atoms with Crippen molar-refractivity contribution in [3.63, 3.8) is 0 Å². The number of carbonyl (C=O) groups excluding carboxylic acids is 1. The molecule has 2 saturated heterocycles. The second kappa shape index (κ2) is 5.58. The molecule has 2 fully saturated rings. The van der Waals surface area contributed by atoms with Crippen molar-refractivity contribution in [2.24, 2.45) is 11.8 Å². The van der Waals surface area contributed by atoms with E-state index < -0.39 is 5.97 Å². The Kier molecular flexibility index (Phi) is 3.81. The van der Waals surface area contributed by atoms with Gasteiger partial charge in [-0.25, -0.2) is 4.79 Å². The van der Waals surface area contributed by atoms with Gasteiger partial charge in [0, 0.05) is 12.6 Å². The molecule has 3 unspecified atom stereocenters. The molecule has 1 aromatic heterocycles. The van der Waals surface area contributed by atoms with Crippen LogP contribution in [0.5, 0.6) is 0 Å². The lowest BCUT2D eigenvalue weighted by atomic mass is 9.93. The molecule has 0 spiro atoms. The first kappa shape index (κ1) is 13.6. The fourth-order valence-corrected chi connectivity index (χ4v) is 3.73. The predicted molar refractivity (Wildman–Crippen MR) is 74.4 cm³/mol. The minimum Gasteiger partial charge on any atom is -0.463 e. The molecule has 110 valence electrons. The number of methoxy groups -OCH3 is 1. The van der Waals surface area contributed by atoms with E-state index in [2.05, 4.69) is 21.9 Å². The highest BCUT2D eigenvalue weighted by Gasteiger charge is 2.43. The van der Waals surface area contributed by atoms with Crippen molar-refractivity contribution in [1.82, 2.24) is 10.2 Å². The summed E-state index contributed by atoms with van der Waals surface area (Å²) in [6.07, 6.45) is 1.16. The number of carbonyl (C=O) groups is 1. The van der Waals surface area contributed by atoms with Crippen molar-refractivity contribution >= 4 is 5.97 Å². The number of esters is 1. The van der Waals surface area contributed by atoms with Gasteiger partial charge in [-0.05, 0) is 43.5 Å². The summed E-state index contributed by atoms with van der Waals surface area (Å²) in [5.41, 5.74) is 0. The van der Waals surface area contributed by atoms with Crippen LogP contribution in [0.1, 0.15) is 29.7 Å². The molecule has 1 N–H and O–H groups in total. The summed E-state index contributed by atoms with van der Waals surface area (Å²) in [4.78, 5) is 13.9. The molecule has 0 aromatic carbocycles. The van der Waals surface area contributed by atoms with Gasteiger partial charge in [0.15, 0.2) is 0 Å². The average Bonchev–Trinajstić information content (AvgIpc) is 3.13. The molecule has 3 rings (SSSR count). The Labute approximate surface area is 119 Å². The Hall–Kier alpha value is -1.33. The van der Waals surface area contributed by atoms with E-state index in [1.807, 2.05) is 6.07 Å². The maximum Gasteiger partial charge on any atom is 0.373 e. The van der Waals surface area contributed by atoms with Gasteiger partial charge in [0.05, 0.1) is 13.7 Å². The Balaban J connectivity index is 1.68. The van der Waals surface area contributed by atoms with E-state index in [4.69, 9.17) is 4.42 Å². The molecule has 0 saturated carbocycles. The molecule has 20 heavy (non-hydrogen) atoms. The molecule has 0 radical (unpaired) electrons. The van der Waals surface area contributed by atoms with Crippen molar-refractivity contribution in [3.05, 3.63) is 23.7 Å². The Morgan fingerprint density at radius 3 is 3.10 bits per heavy atom. The van der Waals surface area contributed by atoms with Crippen molar-refractivity contribution < 1.29 is 13.9 Å². The van der Waals surface area contributed by atoms with Crippen molar-refractivity contribution in [1.29, 1.82) is 0 Å². The Morgan fingerprint density at radius 2 is 2.35 bits per heavy atom. The number of ether oxygens (including phenoxy) is 1. The lowest BCUT2D eigenvalue weighted by molar-refractivity contribution is 0.0560. The Morgan fingerprint density at radius 1 is 1.50 bits per heavy atom. The van der Waals surface area contributed by atoms with Gasteiger partial charge in [0.2, 0.25) is 5.76 Å². The number of furan rings is 1. The Bertz CT molecular complexity index is 485. The minimum absolute atomic E-state index is 0.289. The van der Waals surface area contributed by atoms with Crippen molar-refractivity contribution in [2.75, 3.05) is 26.7 Å². The highest BCUT2D eigenvalue weighted by atomic mass is 16.5. The summed E-state index contributed by atoms with van der Waals surface area (Å²) in [5.74, 6) is 2.24. The quantitative estimate of drug-likeness (QED) is 0.846. The third-order valence-corrected chi connectivity index (χ3v) is 4.65. The average molecular weight is 278 g/mol. The van der Waals surface area contributed by atoms with Crippen molar-refractivity contribution in [2.45, 2.75) is 25.9 Å². The van der Waals surface area contributed by atoms with Crippen LogP contribution in [0.4, 0.5) is 0 Å². The first-order valence-corrected chi connectivity index (χ1v) is 7.34. The van der Waals surface area contributed by atoms with Crippen LogP contribution in [0, 0.1) is 11.8 Å². The summed E-state index contributed by atoms with van der Waals surface area (Å²) >= 11 is 0. The summed E-state index contributed by atoms with van der Waals surface area (Å²) in [7, 11) is 1.37. The molecule has 2 aliphatic heterocycles. The van der Waals surface area contributed by atoms with E-state index >= 15 is 0 Å². The van der Waals surface area contributed by atoms with Crippen LogP contribution in [0.15, 0.2) is 16.5 Å². The molecular formula is C15H22N2O3. The van der Waals surface area contributed by atoms with E-state index in [9.17, 15) is 4.79 Å². The second-order valence-electron chi connectivity index (χ2n) is 5.74. The number of likely N-dealkylation sites (tertiary alicyclic amines) is 1. The zero-order valence-corrected chi connectivity index (χ0v) is 12.1. The third-order valence-electron chi connectivity index (χ3n) is 4.65. The van der Waals surface area contributed by atoms with Crippen LogP contribution < -0.4 is 5.32 Å². The second-order valence-corrected chi connectivity index (χ2v) is 5.74. The zero-order chi connectivity index (χ0) is 14.1. The molecule has 1 aromatic rings. The number of hydrogen-bond acceptors (Lipinski definition) is 5. The summed E-state index contributed by atoms with van der Waals surface area (Å²) < 4.78 is 10.2. The first-order valence-electron chi connectivity index (χ1n) is 7.34. The standard InChI is InChI=1S/C15H22N2O3/c1-3-13-12-7-16-6-10(12)8-17(13)9-11-4-5-14(20-11)15(18)19-2/h4-5,10,12-13,16H,3,6-9H2,1-2H3. The van der Waals surface area contributed by atoms with Crippen LogP contribution >= 0.6 is 0 Å². The highest BCUT2D eigenvalue weighted by molar-refractivity contribution is 5.86. The van der Waals surface area contributed by atoms with E-state index in [1.54, 1.807) is 6.07 Å². The molecular weight excluding hydrogens is 256 g/mol. The molecule has 5 nitrogen and oxygen atoms in total. The minimum atomic E-state index is -0.411. The fourth-order valence-electron chi connectivity index (χ4n) is 3.73. The SMILES string of the molecule is CCC1C2CNCC2CN1Cc1ccc(C(=O)OC)o1. The van der Waals surface area contributed by atoms with Crippen LogP contribution in [0.3, 0.4) is 0 Å². The third kappa shape index (κ3) is 2.36. The lowest BCUT2D eigenvalue weighted by Gasteiger charge is -2.25. The number of rotatable bonds is 4. The highest BCUT2D eigenvalue weighted by Crippen LogP contribution is 2.35. The molecule has 2 aliphatic rings. The monoisotopic (exact) mass is 278 g/mol.